The van der Waals surface area contributed by atoms with Gasteiger partial charge in [-0.25, -0.2) is 0 Å². The molecule has 24 heavy (non-hydrogen) atoms. The minimum absolute atomic E-state index is 0.162. The highest BCUT2D eigenvalue weighted by Gasteiger charge is 2.40. The lowest BCUT2D eigenvalue weighted by Crippen LogP contribution is -2.36. The maximum Gasteiger partial charge on any atom is 0.0895 e. The Labute approximate surface area is 145 Å². The molecule has 1 fully saturated rings. The molecule has 0 aromatic heterocycles. The van der Waals surface area contributed by atoms with E-state index in [1.54, 1.807) is 0 Å². The Hall–Kier alpha value is -1.80. The quantitative estimate of drug-likeness (QED) is 0.736. The van der Waals surface area contributed by atoms with Gasteiger partial charge in [-0.15, -0.1) is 0 Å². The Morgan fingerprint density at radius 1 is 1.04 bits per heavy atom. The number of nitrogens with one attached hydrogen (secondary N) is 1. The van der Waals surface area contributed by atoms with E-state index in [0.717, 1.165) is 13.0 Å². The van der Waals surface area contributed by atoms with Crippen molar-refractivity contribution < 1.29 is 4.74 Å². The molecule has 2 heteroatoms. The number of anilines is 1. The topological polar surface area (TPSA) is 21.3 Å². The summed E-state index contributed by atoms with van der Waals surface area (Å²) in [6, 6.07) is 18.0. The number of hydrogen-bond acceptors (Lipinski definition) is 2. The Morgan fingerprint density at radius 2 is 1.83 bits per heavy atom. The van der Waals surface area contributed by atoms with Crippen molar-refractivity contribution in [3.8, 4) is 0 Å². The highest BCUT2D eigenvalue weighted by Crippen LogP contribution is 2.49. The van der Waals surface area contributed by atoms with E-state index in [-0.39, 0.29) is 11.5 Å². The fourth-order valence-corrected chi connectivity index (χ4v) is 4.13. The average molecular weight is 321 g/mol. The second-order valence-corrected chi connectivity index (χ2v) is 8.18. The van der Waals surface area contributed by atoms with E-state index in [4.69, 9.17) is 4.74 Å². The Kier molecular flexibility index (Phi) is 3.88. The molecule has 0 radical (unpaired) electrons. The van der Waals surface area contributed by atoms with Crippen LogP contribution in [-0.4, -0.2) is 6.61 Å². The molecule has 0 unspecified atom stereocenters. The lowest BCUT2D eigenvalue weighted by atomic mass is 9.76. The lowest BCUT2D eigenvalue weighted by molar-refractivity contribution is -0.0382. The van der Waals surface area contributed by atoms with Crippen LogP contribution in [0.2, 0.25) is 0 Å². The molecule has 2 aliphatic heterocycles. The van der Waals surface area contributed by atoms with E-state index in [1.165, 1.54) is 28.8 Å². The molecule has 1 N–H and O–H groups in total. The predicted molar refractivity (Wildman–Crippen MR) is 99.4 cm³/mol. The molecule has 1 saturated heterocycles. The van der Waals surface area contributed by atoms with Crippen molar-refractivity contribution >= 4 is 5.69 Å². The summed E-state index contributed by atoms with van der Waals surface area (Å²) in [7, 11) is 0. The van der Waals surface area contributed by atoms with Crippen molar-refractivity contribution in [2.45, 2.75) is 51.2 Å². The highest BCUT2D eigenvalue weighted by atomic mass is 16.5. The first-order valence-corrected chi connectivity index (χ1v) is 9.11. The minimum atomic E-state index is 0.162. The monoisotopic (exact) mass is 321 g/mol. The summed E-state index contributed by atoms with van der Waals surface area (Å²) in [5, 5.41) is 3.81. The highest BCUT2D eigenvalue weighted by molar-refractivity contribution is 5.59. The van der Waals surface area contributed by atoms with Gasteiger partial charge in [0.1, 0.15) is 0 Å². The van der Waals surface area contributed by atoms with E-state index in [2.05, 4.69) is 74.6 Å². The number of ether oxygens (including phenoxy) is 1. The van der Waals surface area contributed by atoms with E-state index in [1.807, 2.05) is 0 Å². The normalized spacial score (nSPS) is 26.2. The van der Waals surface area contributed by atoms with Gasteiger partial charge >= 0.3 is 0 Å². The molecule has 3 atom stereocenters. The number of rotatable bonds is 1. The zero-order valence-corrected chi connectivity index (χ0v) is 14.9. The van der Waals surface area contributed by atoms with Crippen LogP contribution in [0.3, 0.4) is 0 Å². The van der Waals surface area contributed by atoms with Crippen LogP contribution in [0.1, 0.15) is 62.4 Å². The van der Waals surface area contributed by atoms with Crippen molar-refractivity contribution in [2.75, 3.05) is 11.9 Å². The van der Waals surface area contributed by atoms with Crippen molar-refractivity contribution in [2.24, 2.45) is 5.92 Å². The molecule has 0 bridgehead atoms. The molecular weight excluding hydrogens is 294 g/mol. The van der Waals surface area contributed by atoms with E-state index >= 15 is 0 Å². The zero-order chi connectivity index (χ0) is 16.7. The molecule has 0 amide bonds. The van der Waals surface area contributed by atoms with Crippen molar-refractivity contribution in [1.82, 2.24) is 0 Å². The minimum Gasteiger partial charge on any atom is -0.378 e. The van der Waals surface area contributed by atoms with E-state index < -0.39 is 0 Å². The van der Waals surface area contributed by atoms with Crippen molar-refractivity contribution in [3.05, 3.63) is 65.2 Å². The third-order valence-electron chi connectivity index (χ3n) is 5.49. The van der Waals surface area contributed by atoms with Gasteiger partial charge in [0.15, 0.2) is 0 Å². The first-order valence-electron chi connectivity index (χ1n) is 9.11. The van der Waals surface area contributed by atoms with Gasteiger partial charge in [0, 0.05) is 23.8 Å². The molecule has 0 aliphatic carbocycles. The number of benzene rings is 2. The molecule has 2 nitrogen and oxygen atoms in total. The second kappa shape index (κ2) is 5.93. The number of hydrogen-bond donors (Lipinski definition) is 1. The van der Waals surface area contributed by atoms with Crippen LogP contribution in [-0.2, 0) is 10.2 Å². The lowest BCUT2D eigenvalue weighted by Gasteiger charge is -2.44. The molecule has 0 saturated carbocycles. The molecular formula is C22H27NO. The van der Waals surface area contributed by atoms with Gasteiger partial charge in [-0.3, -0.25) is 0 Å². The summed E-state index contributed by atoms with van der Waals surface area (Å²) in [6.45, 7) is 7.70. The second-order valence-electron chi connectivity index (χ2n) is 8.18. The summed E-state index contributed by atoms with van der Waals surface area (Å²) in [5.41, 5.74) is 5.49. The Morgan fingerprint density at radius 3 is 2.58 bits per heavy atom. The van der Waals surface area contributed by atoms with E-state index in [0.29, 0.717) is 12.0 Å². The molecule has 2 heterocycles. The molecule has 4 rings (SSSR count). The van der Waals surface area contributed by atoms with Gasteiger partial charge in [-0.05, 0) is 35.4 Å². The Bertz CT molecular complexity index is 716. The standard InChI is InChI=1S/C22H27NO/c1-22(2,3)16-11-12-19-18(14-16)21-17(10-7-13-24-21)20(23-19)15-8-5-4-6-9-15/h4-6,8-9,11-12,14,17,20-21,23H,7,10,13H2,1-3H3/t17-,20+,21-/m1/s1. The van der Waals surface area contributed by atoms with Gasteiger partial charge in [0.05, 0.1) is 12.1 Å². The van der Waals surface area contributed by atoms with Gasteiger partial charge in [-0.1, -0.05) is 63.2 Å². The summed E-state index contributed by atoms with van der Waals surface area (Å²) in [5.74, 6) is 0.504. The van der Waals surface area contributed by atoms with Crippen LogP contribution < -0.4 is 5.32 Å². The maximum atomic E-state index is 6.29. The molecule has 2 aromatic rings. The maximum absolute atomic E-state index is 6.29. The summed E-state index contributed by atoms with van der Waals surface area (Å²) >= 11 is 0. The van der Waals surface area contributed by atoms with Gasteiger partial charge in [0.25, 0.3) is 0 Å². The molecule has 126 valence electrons. The molecule has 2 aromatic carbocycles. The van der Waals surface area contributed by atoms with Crippen LogP contribution in [0.5, 0.6) is 0 Å². The van der Waals surface area contributed by atoms with E-state index in [9.17, 15) is 0 Å². The average Bonchev–Trinajstić information content (AvgIpc) is 2.60. The molecule has 0 spiro atoms. The summed E-state index contributed by atoms with van der Waals surface area (Å²) < 4.78 is 6.29. The largest absolute Gasteiger partial charge is 0.378 e. The van der Waals surface area contributed by atoms with Crippen LogP contribution in [0.15, 0.2) is 48.5 Å². The van der Waals surface area contributed by atoms with Gasteiger partial charge in [-0.2, -0.15) is 0 Å². The SMILES string of the molecule is CC(C)(C)c1ccc2c(c1)[C@@H]1OCCC[C@@H]1[C@H](c1ccccc1)N2. The van der Waals surface area contributed by atoms with Gasteiger partial charge in [0.2, 0.25) is 0 Å². The fourth-order valence-electron chi connectivity index (χ4n) is 4.13. The first kappa shape index (κ1) is 15.7. The fraction of sp³-hybridized carbons (Fsp3) is 0.455. The molecule has 2 aliphatic rings. The van der Waals surface area contributed by atoms with Crippen LogP contribution in [0.4, 0.5) is 5.69 Å². The third-order valence-corrected chi connectivity index (χ3v) is 5.49. The van der Waals surface area contributed by atoms with Crippen LogP contribution in [0, 0.1) is 5.92 Å². The smallest absolute Gasteiger partial charge is 0.0895 e. The van der Waals surface area contributed by atoms with Crippen molar-refractivity contribution in [3.63, 3.8) is 0 Å². The van der Waals surface area contributed by atoms with Gasteiger partial charge < -0.3 is 10.1 Å². The first-order chi connectivity index (χ1) is 11.5. The van der Waals surface area contributed by atoms with Crippen molar-refractivity contribution in [1.29, 1.82) is 0 Å². The zero-order valence-electron chi connectivity index (χ0n) is 14.9. The Balaban J connectivity index is 1.77. The van der Waals surface area contributed by atoms with Crippen LogP contribution in [0.25, 0.3) is 0 Å². The number of fused-ring (bicyclic) bond motifs is 3. The van der Waals surface area contributed by atoms with Crippen LogP contribution >= 0.6 is 0 Å². The summed E-state index contributed by atoms with van der Waals surface area (Å²) in [4.78, 5) is 0. The predicted octanol–water partition coefficient (Wildman–Crippen LogP) is 5.62. The summed E-state index contributed by atoms with van der Waals surface area (Å²) in [6.07, 6.45) is 2.58. The third kappa shape index (κ3) is 2.73.